The van der Waals surface area contributed by atoms with Gasteiger partial charge in [-0.25, -0.2) is 0 Å². The lowest BCUT2D eigenvalue weighted by atomic mass is 10.1. The smallest absolute Gasteiger partial charge is 0.387 e. The van der Waals surface area contributed by atoms with Crippen molar-refractivity contribution < 1.29 is 32.5 Å². The molecule has 0 aliphatic heterocycles. The maximum Gasteiger partial charge on any atom is 0.387 e. The number of alkyl halides is 2. The third kappa shape index (κ3) is 4.78. The molecule has 0 unspecified atom stereocenters. The Morgan fingerprint density at radius 2 is 1.59 bits per heavy atom. The van der Waals surface area contributed by atoms with Crippen molar-refractivity contribution in [2.45, 2.75) is 13.2 Å². The zero-order valence-corrected chi connectivity index (χ0v) is 15.5. The third-order valence-electron chi connectivity index (χ3n) is 3.87. The zero-order chi connectivity index (χ0) is 20.0. The molecule has 2 rings (SSSR count). The van der Waals surface area contributed by atoms with Crippen LogP contribution in [0.5, 0.6) is 23.0 Å². The molecular formula is C19H21F2NO5. The van der Waals surface area contributed by atoms with Crippen LogP contribution in [0.15, 0.2) is 36.4 Å². The molecule has 0 aliphatic rings. The maximum atomic E-state index is 12.6. The Bertz CT molecular complexity index is 780. The van der Waals surface area contributed by atoms with Crippen molar-refractivity contribution in [2.24, 2.45) is 0 Å². The number of carbonyl (C=O) groups excluding carboxylic acids is 1. The van der Waals surface area contributed by atoms with E-state index in [0.29, 0.717) is 22.8 Å². The highest BCUT2D eigenvalue weighted by molar-refractivity contribution is 5.94. The fourth-order valence-electron chi connectivity index (χ4n) is 2.61. The molecule has 0 saturated heterocycles. The second-order valence-corrected chi connectivity index (χ2v) is 5.56. The summed E-state index contributed by atoms with van der Waals surface area (Å²) in [7, 11) is 6.16. The van der Waals surface area contributed by atoms with Gasteiger partial charge in [-0.2, -0.15) is 8.78 Å². The van der Waals surface area contributed by atoms with Gasteiger partial charge in [0.1, 0.15) is 5.75 Å². The molecule has 146 valence electrons. The molecule has 8 heteroatoms. The van der Waals surface area contributed by atoms with Crippen LogP contribution in [0.3, 0.4) is 0 Å². The van der Waals surface area contributed by atoms with Crippen LogP contribution in [-0.4, -0.2) is 45.8 Å². The summed E-state index contributed by atoms with van der Waals surface area (Å²) in [4.78, 5) is 14.1. The van der Waals surface area contributed by atoms with Crippen molar-refractivity contribution in [1.82, 2.24) is 4.90 Å². The summed E-state index contributed by atoms with van der Waals surface area (Å²) in [6, 6.07) is 9.02. The largest absolute Gasteiger partial charge is 0.493 e. The van der Waals surface area contributed by atoms with E-state index in [2.05, 4.69) is 4.74 Å². The normalized spacial score (nSPS) is 10.5. The first-order valence-electron chi connectivity index (χ1n) is 7.99. The van der Waals surface area contributed by atoms with Gasteiger partial charge < -0.3 is 23.8 Å². The van der Waals surface area contributed by atoms with E-state index in [0.717, 1.165) is 5.56 Å². The van der Waals surface area contributed by atoms with Crippen LogP contribution in [0.2, 0.25) is 0 Å². The predicted molar refractivity (Wildman–Crippen MR) is 95.0 cm³/mol. The molecule has 27 heavy (non-hydrogen) atoms. The van der Waals surface area contributed by atoms with Crippen LogP contribution in [0.25, 0.3) is 0 Å². The molecule has 0 N–H and O–H groups in total. The summed E-state index contributed by atoms with van der Waals surface area (Å²) >= 11 is 0. The number of carbonyl (C=O) groups is 1. The number of methoxy groups -OCH3 is 3. The highest BCUT2D eigenvalue weighted by Gasteiger charge is 2.19. The number of halogens is 2. The van der Waals surface area contributed by atoms with Crippen LogP contribution in [0.1, 0.15) is 15.9 Å². The monoisotopic (exact) mass is 381 g/mol. The minimum absolute atomic E-state index is 0.00855. The number of benzene rings is 2. The molecule has 0 atom stereocenters. The predicted octanol–water partition coefficient (Wildman–Crippen LogP) is 3.59. The maximum absolute atomic E-state index is 12.6. The van der Waals surface area contributed by atoms with Crippen molar-refractivity contribution >= 4 is 5.91 Å². The van der Waals surface area contributed by atoms with Crippen molar-refractivity contribution in [1.29, 1.82) is 0 Å². The third-order valence-corrected chi connectivity index (χ3v) is 3.87. The molecule has 2 aromatic rings. The molecule has 0 aromatic heterocycles. The van der Waals surface area contributed by atoms with E-state index in [4.69, 9.17) is 14.2 Å². The van der Waals surface area contributed by atoms with Gasteiger partial charge in [0.15, 0.2) is 11.5 Å². The summed E-state index contributed by atoms with van der Waals surface area (Å²) in [5, 5.41) is 0. The molecule has 0 fully saturated rings. The van der Waals surface area contributed by atoms with Gasteiger partial charge in [0, 0.05) is 24.7 Å². The highest BCUT2D eigenvalue weighted by atomic mass is 19.3. The van der Waals surface area contributed by atoms with E-state index < -0.39 is 6.61 Å². The average molecular weight is 381 g/mol. The van der Waals surface area contributed by atoms with Gasteiger partial charge in [-0.3, -0.25) is 4.79 Å². The second kappa shape index (κ2) is 9.07. The summed E-state index contributed by atoms with van der Waals surface area (Å²) in [6.07, 6.45) is 0. The van der Waals surface area contributed by atoms with Gasteiger partial charge in [0.05, 0.1) is 21.3 Å². The number of nitrogens with zero attached hydrogens (tertiary/aromatic N) is 1. The first-order chi connectivity index (χ1) is 12.9. The summed E-state index contributed by atoms with van der Waals surface area (Å²) in [5.74, 6) is 1.13. The topological polar surface area (TPSA) is 57.2 Å². The number of amides is 1. The van der Waals surface area contributed by atoms with E-state index in [1.165, 1.54) is 50.5 Å². The average Bonchev–Trinajstić information content (AvgIpc) is 2.66. The van der Waals surface area contributed by atoms with Crippen LogP contribution in [0.4, 0.5) is 8.78 Å². The molecule has 1 amide bonds. The Morgan fingerprint density at radius 3 is 2.11 bits per heavy atom. The van der Waals surface area contributed by atoms with Gasteiger partial charge in [0.2, 0.25) is 5.75 Å². The molecular weight excluding hydrogens is 360 g/mol. The Labute approximate surface area is 156 Å². The Kier molecular flexibility index (Phi) is 6.81. The van der Waals surface area contributed by atoms with E-state index in [1.54, 1.807) is 19.2 Å². The van der Waals surface area contributed by atoms with Gasteiger partial charge >= 0.3 is 6.61 Å². The van der Waals surface area contributed by atoms with Crippen molar-refractivity contribution in [3.8, 4) is 23.0 Å². The first-order valence-corrected chi connectivity index (χ1v) is 7.99. The Balaban J connectivity index is 2.19. The zero-order valence-electron chi connectivity index (χ0n) is 15.5. The summed E-state index contributed by atoms with van der Waals surface area (Å²) < 4.78 is 44.7. The standard InChI is InChI=1S/C19H21F2NO5/c1-22(18(23)12-5-8-14(9-6-12)27-19(20)21)11-13-7-10-15(24-2)17(26-4)16(13)25-3/h5-10,19H,11H2,1-4H3. The molecule has 0 bridgehead atoms. The quantitative estimate of drug-likeness (QED) is 0.700. The van der Waals surface area contributed by atoms with E-state index >= 15 is 0 Å². The number of ether oxygens (including phenoxy) is 4. The fraction of sp³-hybridized carbons (Fsp3) is 0.316. The van der Waals surface area contributed by atoms with Gasteiger partial charge in [-0.05, 0) is 36.4 Å². The van der Waals surface area contributed by atoms with Crippen molar-refractivity contribution in [3.63, 3.8) is 0 Å². The number of hydrogen-bond donors (Lipinski definition) is 0. The number of rotatable bonds is 8. The van der Waals surface area contributed by atoms with Gasteiger partial charge in [0.25, 0.3) is 5.91 Å². The second-order valence-electron chi connectivity index (χ2n) is 5.56. The minimum Gasteiger partial charge on any atom is -0.493 e. The number of hydrogen-bond acceptors (Lipinski definition) is 5. The summed E-state index contributed by atoms with van der Waals surface area (Å²) in [6.45, 7) is -2.66. The molecule has 0 spiro atoms. The summed E-state index contributed by atoms with van der Waals surface area (Å²) in [5.41, 5.74) is 1.07. The van der Waals surface area contributed by atoms with Crippen molar-refractivity contribution in [2.75, 3.05) is 28.4 Å². The highest BCUT2D eigenvalue weighted by Crippen LogP contribution is 2.40. The molecule has 0 heterocycles. The Morgan fingerprint density at radius 1 is 0.963 bits per heavy atom. The van der Waals surface area contributed by atoms with E-state index in [-0.39, 0.29) is 18.2 Å². The van der Waals surface area contributed by atoms with Crippen LogP contribution in [-0.2, 0) is 6.54 Å². The lowest BCUT2D eigenvalue weighted by Gasteiger charge is -2.21. The molecule has 0 saturated carbocycles. The first kappa shape index (κ1) is 20.3. The van der Waals surface area contributed by atoms with Crippen LogP contribution < -0.4 is 18.9 Å². The lowest BCUT2D eigenvalue weighted by Crippen LogP contribution is -2.26. The fourth-order valence-corrected chi connectivity index (χ4v) is 2.61. The molecule has 0 radical (unpaired) electrons. The minimum atomic E-state index is -2.91. The van der Waals surface area contributed by atoms with E-state index in [9.17, 15) is 13.6 Å². The molecule has 0 aliphatic carbocycles. The van der Waals surface area contributed by atoms with Crippen LogP contribution >= 0.6 is 0 Å². The lowest BCUT2D eigenvalue weighted by molar-refractivity contribution is -0.0498. The van der Waals surface area contributed by atoms with Crippen LogP contribution in [0, 0.1) is 0 Å². The van der Waals surface area contributed by atoms with Crippen molar-refractivity contribution in [3.05, 3.63) is 47.5 Å². The van der Waals surface area contributed by atoms with Gasteiger partial charge in [-0.1, -0.05) is 0 Å². The SMILES string of the molecule is COc1ccc(CN(C)C(=O)c2ccc(OC(F)F)cc2)c(OC)c1OC. The molecule has 2 aromatic carbocycles. The Hall–Kier alpha value is -3.03. The van der Waals surface area contributed by atoms with E-state index in [1.807, 2.05) is 0 Å². The van der Waals surface area contributed by atoms with Gasteiger partial charge in [-0.15, -0.1) is 0 Å². The molecule has 6 nitrogen and oxygen atoms in total.